The third-order valence-electron chi connectivity index (χ3n) is 5.67. The normalized spacial score (nSPS) is 23.9. The molecule has 1 N–H and O–H groups in total. The Balaban J connectivity index is 1.68. The number of β-amino-alcohol motifs (C(OH)–C–C–N with tert-alkyl or cyclic N) is 1. The summed E-state index contributed by atoms with van der Waals surface area (Å²) >= 11 is 12.2. The van der Waals surface area contributed by atoms with Crippen molar-refractivity contribution in [3.8, 4) is 0 Å². The standard InChI is InChI=1S/C19H21Cl2N5O3/c1-10-11(2)26-15-16(22-18(26)24(10)6-7-27)23(3)19(29)25(17(15)28)9-12-4-5-13(20)8-14(12)21/h4-5,8,15-16,27H,6-7,9H2,1-3H3. The lowest BCUT2D eigenvalue weighted by molar-refractivity contribution is -0.137. The topological polar surface area (TPSA) is 79.7 Å². The van der Waals surface area contributed by atoms with E-state index in [1.54, 1.807) is 25.2 Å². The zero-order chi connectivity index (χ0) is 21.0. The molecular formula is C19H21Cl2N5O3. The molecule has 10 heteroatoms. The van der Waals surface area contributed by atoms with Crippen molar-refractivity contribution in [1.29, 1.82) is 0 Å². The molecule has 3 amide bonds. The number of imide groups is 1. The second-order valence-corrected chi connectivity index (χ2v) is 8.10. The number of carbonyl (C=O) groups is 2. The fourth-order valence-corrected chi connectivity index (χ4v) is 4.48. The van der Waals surface area contributed by atoms with Gasteiger partial charge in [0, 0.05) is 35.0 Å². The van der Waals surface area contributed by atoms with Gasteiger partial charge in [0.05, 0.1) is 13.2 Å². The average Bonchev–Trinajstić information content (AvgIpc) is 3.17. The summed E-state index contributed by atoms with van der Waals surface area (Å²) in [6.07, 6.45) is -0.619. The van der Waals surface area contributed by atoms with Crippen LogP contribution in [0.2, 0.25) is 10.0 Å². The van der Waals surface area contributed by atoms with Crippen molar-refractivity contribution in [2.24, 2.45) is 4.99 Å². The number of nitrogens with zero attached hydrogens (tertiary/aromatic N) is 5. The van der Waals surface area contributed by atoms with Crippen molar-refractivity contribution < 1.29 is 14.7 Å². The number of hydrogen-bond acceptors (Lipinski definition) is 6. The van der Waals surface area contributed by atoms with Crippen LogP contribution >= 0.6 is 23.2 Å². The maximum absolute atomic E-state index is 13.4. The molecule has 2 atom stereocenters. The molecule has 1 aromatic carbocycles. The van der Waals surface area contributed by atoms with E-state index in [0.29, 0.717) is 28.1 Å². The number of carbonyl (C=O) groups excluding carboxylic acids is 2. The summed E-state index contributed by atoms with van der Waals surface area (Å²) in [5.41, 5.74) is 2.44. The summed E-state index contributed by atoms with van der Waals surface area (Å²) in [7, 11) is 1.64. The minimum Gasteiger partial charge on any atom is -0.395 e. The predicted octanol–water partition coefficient (Wildman–Crippen LogP) is 2.31. The van der Waals surface area contributed by atoms with Crippen LogP contribution in [0.15, 0.2) is 34.6 Å². The van der Waals surface area contributed by atoms with E-state index in [0.717, 1.165) is 11.4 Å². The highest BCUT2D eigenvalue weighted by molar-refractivity contribution is 6.35. The highest BCUT2D eigenvalue weighted by Crippen LogP contribution is 2.38. The molecule has 3 aliphatic rings. The molecule has 0 radical (unpaired) electrons. The van der Waals surface area contributed by atoms with E-state index < -0.39 is 18.2 Å². The first-order valence-corrected chi connectivity index (χ1v) is 9.97. The van der Waals surface area contributed by atoms with Crippen LogP contribution in [0.4, 0.5) is 4.79 Å². The Hall–Kier alpha value is -2.29. The zero-order valence-corrected chi connectivity index (χ0v) is 17.8. The van der Waals surface area contributed by atoms with Gasteiger partial charge in [0.2, 0.25) is 5.96 Å². The fraction of sp³-hybridized carbons (Fsp3) is 0.421. The van der Waals surface area contributed by atoms with Crippen molar-refractivity contribution in [3.05, 3.63) is 45.2 Å². The molecule has 1 saturated heterocycles. The molecule has 2 unspecified atom stereocenters. The van der Waals surface area contributed by atoms with E-state index in [1.807, 2.05) is 23.6 Å². The third-order valence-corrected chi connectivity index (χ3v) is 6.26. The SMILES string of the molecule is CC1=C(C)N2C(=NC3C2C(=O)N(Cc2ccc(Cl)cc2Cl)C(=O)N3C)N1CCO. The molecule has 0 spiro atoms. The molecule has 0 bridgehead atoms. The van der Waals surface area contributed by atoms with Gasteiger partial charge in [-0.2, -0.15) is 0 Å². The average molecular weight is 438 g/mol. The summed E-state index contributed by atoms with van der Waals surface area (Å²) in [6.45, 7) is 4.21. The van der Waals surface area contributed by atoms with Gasteiger partial charge in [0.15, 0.2) is 12.2 Å². The quantitative estimate of drug-likeness (QED) is 0.781. The Labute approximate surface area is 178 Å². The monoisotopic (exact) mass is 437 g/mol. The number of likely N-dealkylation sites (N-methyl/N-ethyl adjacent to an activating group) is 1. The van der Waals surface area contributed by atoms with E-state index in [4.69, 9.17) is 23.2 Å². The third kappa shape index (κ3) is 2.97. The number of aliphatic hydroxyl groups excluding tert-OH is 1. The highest BCUT2D eigenvalue weighted by atomic mass is 35.5. The lowest BCUT2D eigenvalue weighted by Gasteiger charge is -2.40. The number of hydrogen-bond donors (Lipinski definition) is 1. The Morgan fingerprint density at radius 3 is 2.52 bits per heavy atom. The van der Waals surface area contributed by atoms with Crippen LogP contribution in [-0.4, -0.2) is 75.0 Å². The summed E-state index contributed by atoms with van der Waals surface area (Å²) in [4.78, 5) is 37.4. The predicted molar refractivity (Wildman–Crippen MR) is 109 cm³/mol. The lowest BCUT2D eigenvalue weighted by Crippen LogP contribution is -2.64. The molecule has 8 nitrogen and oxygen atoms in total. The Kier molecular flexibility index (Phi) is 4.96. The van der Waals surface area contributed by atoms with E-state index >= 15 is 0 Å². The van der Waals surface area contributed by atoms with Gasteiger partial charge in [-0.3, -0.25) is 14.6 Å². The molecular weight excluding hydrogens is 417 g/mol. The van der Waals surface area contributed by atoms with Crippen LogP contribution in [0.3, 0.4) is 0 Å². The minimum atomic E-state index is -0.655. The number of aliphatic hydroxyl groups is 1. The van der Waals surface area contributed by atoms with Crippen molar-refractivity contribution in [1.82, 2.24) is 19.6 Å². The van der Waals surface area contributed by atoms with Crippen molar-refractivity contribution in [2.75, 3.05) is 20.2 Å². The van der Waals surface area contributed by atoms with Crippen molar-refractivity contribution in [2.45, 2.75) is 32.6 Å². The van der Waals surface area contributed by atoms with Gasteiger partial charge in [-0.15, -0.1) is 0 Å². The van der Waals surface area contributed by atoms with Crippen LogP contribution in [0.25, 0.3) is 0 Å². The summed E-state index contributed by atoms with van der Waals surface area (Å²) in [6, 6.07) is 3.89. The van der Waals surface area contributed by atoms with E-state index in [1.165, 1.54) is 9.80 Å². The van der Waals surface area contributed by atoms with Crippen LogP contribution < -0.4 is 0 Å². The number of aliphatic imine (C=N–C) groups is 1. The van der Waals surface area contributed by atoms with Gasteiger partial charge in [0.25, 0.3) is 5.91 Å². The molecule has 3 aliphatic heterocycles. The number of guanidine groups is 1. The highest BCUT2D eigenvalue weighted by Gasteiger charge is 2.55. The summed E-state index contributed by atoms with van der Waals surface area (Å²) in [5, 5.41) is 10.3. The van der Waals surface area contributed by atoms with E-state index in [-0.39, 0.29) is 19.1 Å². The molecule has 1 aromatic rings. The van der Waals surface area contributed by atoms with E-state index in [9.17, 15) is 14.7 Å². The maximum atomic E-state index is 13.4. The molecule has 154 valence electrons. The largest absolute Gasteiger partial charge is 0.395 e. The summed E-state index contributed by atoms with van der Waals surface area (Å²) < 4.78 is 0. The second-order valence-electron chi connectivity index (χ2n) is 7.26. The molecule has 0 aromatic heterocycles. The number of allylic oxidation sites excluding steroid dienone is 2. The summed E-state index contributed by atoms with van der Waals surface area (Å²) in [5.74, 6) is 0.254. The van der Waals surface area contributed by atoms with Crippen molar-refractivity contribution >= 4 is 41.1 Å². The minimum absolute atomic E-state index is 0.0449. The van der Waals surface area contributed by atoms with Crippen LogP contribution in [0, 0.1) is 0 Å². The Morgan fingerprint density at radius 1 is 1.14 bits per heavy atom. The molecule has 1 fully saturated rings. The molecule has 0 saturated carbocycles. The van der Waals surface area contributed by atoms with Gasteiger partial charge in [-0.1, -0.05) is 29.3 Å². The van der Waals surface area contributed by atoms with Gasteiger partial charge in [-0.25, -0.2) is 9.79 Å². The second kappa shape index (κ2) is 7.19. The van der Waals surface area contributed by atoms with Crippen molar-refractivity contribution in [3.63, 3.8) is 0 Å². The lowest BCUT2D eigenvalue weighted by atomic mass is 10.1. The first kappa shape index (κ1) is 20.0. The number of amides is 3. The number of fused-ring (bicyclic) bond motifs is 3. The van der Waals surface area contributed by atoms with E-state index in [2.05, 4.69) is 4.99 Å². The molecule has 3 heterocycles. The first-order valence-electron chi connectivity index (χ1n) is 9.21. The van der Waals surface area contributed by atoms with Crippen LogP contribution in [0.5, 0.6) is 0 Å². The zero-order valence-electron chi connectivity index (χ0n) is 16.3. The van der Waals surface area contributed by atoms with Gasteiger partial charge < -0.3 is 14.9 Å². The van der Waals surface area contributed by atoms with Crippen LogP contribution in [-0.2, 0) is 11.3 Å². The first-order chi connectivity index (χ1) is 13.8. The van der Waals surface area contributed by atoms with Gasteiger partial charge >= 0.3 is 6.03 Å². The smallest absolute Gasteiger partial charge is 0.328 e. The molecule has 4 rings (SSSR count). The van der Waals surface area contributed by atoms with Crippen LogP contribution in [0.1, 0.15) is 19.4 Å². The Morgan fingerprint density at radius 2 is 1.86 bits per heavy atom. The number of rotatable bonds is 4. The Bertz CT molecular complexity index is 963. The fourth-order valence-electron chi connectivity index (χ4n) is 4.01. The molecule has 0 aliphatic carbocycles. The number of benzene rings is 1. The number of halogens is 2. The molecule has 29 heavy (non-hydrogen) atoms. The maximum Gasteiger partial charge on any atom is 0.328 e. The van der Waals surface area contributed by atoms with Gasteiger partial charge in [0.1, 0.15) is 0 Å². The van der Waals surface area contributed by atoms with Gasteiger partial charge in [-0.05, 0) is 31.5 Å². The number of urea groups is 1.